The van der Waals surface area contributed by atoms with Crippen molar-refractivity contribution in [1.82, 2.24) is 14.7 Å². The Morgan fingerprint density at radius 1 is 1.16 bits per heavy atom. The van der Waals surface area contributed by atoms with E-state index in [1.807, 2.05) is 48.9 Å². The van der Waals surface area contributed by atoms with E-state index >= 15 is 0 Å². The molecule has 0 fully saturated rings. The molecule has 0 saturated carbocycles. The number of hydrogen-bond donors (Lipinski definition) is 0. The molecule has 6 heteroatoms. The van der Waals surface area contributed by atoms with E-state index in [-0.39, 0.29) is 11.7 Å². The first-order valence-corrected chi connectivity index (χ1v) is 10.5. The van der Waals surface area contributed by atoms with Crippen LogP contribution in [0.2, 0.25) is 0 Å². The number of ether oxygens (including phenoxy) is 1. The number of rotatable bonds is 4. The third-order valence-corrected chi connectivity index (χ3v) is 5.96. The summed E-state index contributed by atoms with van der Waals surface area (Å²) in [5.41, 5.74) is 6.60. The molecule has 5 nitrogen and oxygen atoms in total. The van der Waals surface area contributed by atoms with Crippen molar-refractivity contribution in [2.24, 2.45) is 0 Å². The van der Waals surface area contributed by atoms with E-state index in [0.717, 1.165) is 70.1 Å². The lowest BCUT2D eigenvalue weighted by Gasteiger charge is -2.21. The molecule has 2 heterocycles. The molecule has 5 rings (SSSR count). The highest BCUT2D eigenvalue weighted by Crippen LogP contribution is 2.42. The molecule has 0 N–H and O–H groups in total. The number of aromatic nitrogens is 3. The van der Waals surface area contributed by atoms with E-state index in [4.69, 9.17) is 9.26 Å². The van der Waals surface area contributed by atoms with Crippen LogP contribution in [0.3, 0.4) is 0 Å². The fourth-order valence-electron chi connectivity index (χ4n) is 4.55. The monoisotopic (exact) mass is 417 g/mol. The van der Waals surface area contributed by atoms with Crippen molar-refractivity contribution >= 4 is 0 Å². The van der Waals surface area contributed by atoms with Crippen molar-refractivity contribution in [1.29, 1.82) is 0 Å². The summed E-state index contributed by atoms with van der Waals surface area (Å²) in [6.07, 6.45) is 6.55. The topological polar surface area (TPSA) is 53.1 Å². The van der Waals surface area contributed by atoms with Gasteiger partial charge in [0.25, 0.3) is 0 Å². The Bertz CT molecular complexity index is 1240. The van der Waals surface area contributed by atoms with Crippen LogP contribution in [-0.2, 0) is 6.42 Å². The lowest BCUT2D eigenvalue weighted by molar-refractivity contribution is 0.356. The lowest BCUT2D eigenvalue weighted by Crippen LogP contribution is -2.10. The van der Waals surface area contributed by atoms with Gasteiger partial charge in [-0.3, -0.25) is 0 Å². The predicted molar refractivity (Wildman–Crippen MR) is 116 cm³/mol. The van der Waals surface area contributed by atoms with Gasteiger partial charge in [0.2, 0.25) is 0 Å². The fourth-order valence-corrected chi connectivity index (χ4v) is 4.55. The molecule has 0 spiro atoms. The van der Waals surface area contributed by atoms with Gasteiger partial charge in [-0.2, -0.15) is 0 Å². The normalized spacial score (nSPS) is 15.7. The number of methoxy groups -OCH3 is 1. The molecule has 158 valence electrons. The van der Waals surface area contributed by atoms with Crippen molar-refractivity contribution in [3.63, 3.8) is 0 Å². The van der Waals surface area contributed by atoms with E-state index in [0.29, 0.717) is 0 Å². The van der Waals surface area contributed by atoms with Gasteiger partial charge < -0.3 is 13.8 Å². The van der Waals surface area contributed by atoms with Gasteiger partial charge in [0.1, 0.15) is 23.0 Å². The number of hydrogen-bond acceptors (Lipinski definition) is 4. The summed E-state index contributed by atoms with van der Waals surface area (Å²) in [4.78, 5) is 4.30. The molecule has 4 aromatic rings. The summed E-state index contributed by atoms with van der Waals surface area (Å²) >= 11 is 0. The number of imidazole rings is 1. The number of nitrogens with zero attached hydrogens (tertiary/aromatic N) is 3. The minimum atomic E-state index is -0.211. The molecule has 2 aromatic carbocycles. The zero-order valence-electron chi connectivity index (χ0n) is 17.9. The van der Waals surface area contributed by atoms with Gasteiger partial charge in [-0.05, 0) is 68.5 Å². The van der Waals surface area contributed by atoms with Gasteiger partial charge in [-0.15, -0.1) is 0 Å². The highest BCUT2D eigenvalue weighted by Gasteiger charge is 2.30. The summed E-state index contributed by atoms with van der Waals surface area (Å²) in [5.74, 6) is 1.39. The average molecular weight is 417 g/mol. The standard InChI is InChI=1S/C25H24FN3O2/c1-15-9-18(11-19(26)10-15)20-5-4-6-21-24(28-31-25(20)21)17-7-8-22(23(12-17)30-3)29-13-16(2)27-14-29/h7-14,20H,4-6H2,1-3H3. The Labute approximate surface area is 180 Å². The van der Waals surface area contributed by atoms with E-state index < -0.39 is 0 Å². The van der Waals surface area contributed by atoms with Gasteiger partial charge in [0.15, 0.2) is 0 Å². The van der Waals surface area contributed by atoms with Crippen molar-refractivity contribution in [2.45, 2.75) is 39.0 Å². The van der Waals surface area contributed by atoms with Gasteiger partial charge in [-0.25, -0.2) is 9.37 Å². The second-order valence-corrected chi connectivity index (χ2v) is 8.19. The van der Waals surface area contributed by atoms with Crippen LogP contribution >= 0.6 is 0 Å². The Morgan fingerprint density at radius 3 is 2.77 bits per heavy atom. The van der Waals surface area contributed by atoms with Crippen LogP contribution in [0.4, 0.5) is 4.39 Å². The van der Waals surface area contributed by atoms with Gasteiger partial charge in [0, 0.05) is 23.2 Å². The zero-order chi connectivity index (χ0) is 21.5. The zero-order valence-corrected chi connectivity index (χ0v) is 17.9. The van der Waals surface area contributed by atoms with Crippen molar-refractivity contribution in [3.05, 3.63) is 82.9 Å². The minimum absolute atomic E-state index is 0.0227. The molecule has 0 bridgehead atoms. The SMILES string of the molecule is COc1cc(-c2noc3c2CCCC3c2cc(C)cc(F)c2)ccc1-n1cnc(C)c1. The molecule has 1 atom stereocenters. The Kier molecular flexibility index (Phi) is 4.85. The van der Waals surface area contributed by atoms with E-state index in [1.54, 1.807) is 25.6 Å². The molecule has 0 saturated heterocycles. The smallest absolute Gasteiger partial charge is 0.148 e. The van der Waals surface area contributed by atoms with Crippen molar-refractivity contribution in [3.8, 4) is 22.7 Å². The molecule has 0 radical (unpaired) electrons. The minimum Gasteiger partial charge on any atom is -0.495 e. The summed E-state index contributed by atoms with van der Waals surface area (Å²) < 4.78 is 27.5. The van der Waals surface area contributed by atoms with Crippen LogP contribution < -0.4 is 4.74 Å². The lowest BCUT2D eigenvalue weighted by atomic mass is 9.82. The first-order chi connectivity index (χ1) is 15.0. The van der Waals surface area contributed by atoms with Crippen LogP contribution in [0.15, 0.2) is 53.4 Å². The van der Waals surface area contributed by atoms with Crippen molar-refractivity contribution in [2.75, 3.05) is 7.11 Å². The van der Waals surface area contributed by atoms with Crippen LogP contribution in [0.5, 0.6) is 5.75 Å². The third kappa shape index (κ3) is 3.52. The number of benzene rings is 2. The Morgan fingerprint density at radius 2 is 2.03 bits per heavy atom. The van der Waals surface area contributed by atoms with E-state index in [9.17, 15) is 4.39 Å². The molecule has 31 heavy (non-hydrogen) atoms. The molecule has 2 aromatic heterocycles. The summed E-state index contributed by atoms with van der Waals surface area (Å²) in [6.45, 7) is 3.87. The highest BCUT2D eigenvalue weighted by molar-refractivity contribution is 5.69. The molecular weight excluding hydrogens is 393 g/mol. The molecule has 1 aliphatic rings. The molecule has 0 amide bonds. The Hall–Kier alpha value is -3.41. The summed E-state index contributed by atoms with van der Waals surface area (Å²) in [6, 6.07) is 11.2. The molecule has 1 aliphatic carbocycles. The average Bonchev–Trinajstić information content (AvgIpc) is 3.38. The second-order valence-electron chi connectivity index (χ2n) is 8.19. The largest absolute Gasteiger partial charge is 0.495 e. The van der Waals surface area contributed by atoms with Gasteiger partial charge in [-0.1, -0.05) is 17.3 Å². The first kappa shape index (κ1) is 19.5. The predicted octanol–water partition coefficient (Wildman–Crippen LogP) is 5.76. The highest BCUT2D eigenvalue weighted by atomic mass is 19.1. The molecular formula is C25H24FN3O2. The van der Waals surface area contributed by atoms with Crippen LogP contribution in [0.1, 0.15) is 46.9 Å². The first-order valence-electron chi connectivity index (χ1n) is 10.5. The van der Waals surface area contributed by atoms with Gasteiger partial charge in [0.05, 0.1) is 24.8 Å². The fraction of sp³-hybridized carbons (Fsp3) is 0.280. The van der Waals surface area contributed by atoms with E-state index in [2.05, 4.69) is 10.1 Å². The summed E-state index contributed by atoms with van der Waals surface area (Å²) in [7, 11) is 1.66. The molecule has 0 aliphatic heterocycles. The van der Waals surface area contributed by atoms with Crippen LogP contribution in [0, 0.1) is 19.7 Å². The van der Waals surface area contributed by atoms with Crippen molar-refractivity contribution < 1.29 is 13.7 Å². The number of halogens is 1. The van der Waals surface area contributed by atoms with Gasteiger partial charge >= 0.3 is 0 Å². The Balaban J connectivity index is 1.55. The maximum atomic E-state index is 14.0. The molecule has 1 unspecified atom stereocenters. The second kappa shape index (κ2) is 7.69. The van der Waals surface area contributed by atoms with Crippen LogP contribution in [0.25, 0.3) is 16.9 Å². The quantitative estimate of drug-likeness (QED) is 0.424. The summed E-state index contributed by atoms with van der Waals surface area (Å²) in [5, 5.41) is 4.43. The maximum absolute atomic E-state index is 14.0. The third-order valence-electron chi connectivity index (χ3n) is 5.96. The maximum Gasteiger partial charge on any atom is 0.148 e. The van der Waals surface area contributed by atoms with E-state index in [1.165, 1.54) is 0 Å². The number of fused-ring (bicyclic) bond motifs is 1. The number of aryl methyl sites for hydroxylation is 2. The van der Waals surface area contributed by atoms with Crippen LogP contribution in [-0.4, -0.2) is 21.8 Å².